The summed E-state index contributed by atoms with van der Waals surface area (Å²) in [5.41, 5.74) is 2.60. The average molecular weight is 364 g/mol. The minimum absolute atomic E-state index is 0.0589. The molecule has 2 aromatic carbocycles. The number of ether oxygens (including phenoxy) is 1. The molecule has 0 unspecified atom stereocenters. The van der Waals surface area contributed by atoms with E-state index in [0.717, 1.165) is 51.2 Å². The lowest BCUT2D eigenvalue weighted by Gasteiger charge is -2.45. The number of benzene rings is 2. The molecule has 0 aliphatic carbocycles. The highest BCUT2D eigenvalue weighted by atomic mass is 16.5. The third kappa shape index (κ3) is 3.86. The maximum absolute atomic E-state index is 12.6. The van der Waals surface area contributed by atoms with Crippen LogP contribution in [0.25, 0.3) is 0 Å². The van der Waals surface area contributed by atoms with Crippen LogP contribution in [0.5, 0.6) is 5.75 Å². The van der Waals surface area contributed by atoms with Crippen LogP contribution in [0.3, 0.4) is 0 Å². The molecule has 0 aromatic heterocycles. The van der Waals surface area contributed by atoms with Crippen LogP contribution in [-0.2, 0) is 17.9 Å². The molecule has 142 valence electrons. The molecular weight excluding hydrogens is 336 g/mol. The van der Waals surface area contributed by atoms with Crippen molar-refractivity contribution in [3.63, 3.8) is 0 Å². The van der Waals surface area contributed by atoms with Crippen LogP contribution in [0.2, 0.25) is 0 Å². The molecule has 2 saturated heterocycles. The molecule has 2 fully saturated rings. The quantitative estimate of drug-likeness (QED) is 0.808. The van der Waals surface area contributed by atoms with Crippen molar-refractivity contribution in [2.45, 2.75) is 44.3 Å². The van der Waals surface area contributed by atoms with Crippen LogP contribution < -0.4 is 4.74 Å². The Balaban J connectivity index is 1.39. The first-order valence-corrected chi connectivity index (χ1v) is 9.88. The van der Waals surface area contributed by atoms with Crippen molar-refractivity contribution in [2.75, 3.05) is 20.2 Å². The Kier molecular flexibility index (Phi) is 5.17. The van der Waals surface area contributed by atoms with Gasteiger partial charge in [0.2, 0.25) is 5.91 Å². The lowest BCUT2D eigenvalue weighted by Crippen LogP contribution is -2.52. The number of amides is 1. The van der Waals surface area contributed by atoms with Crippen LogP contribution in [-0.4, -0.2) is 41.4 Å². The van der Waals surface area contributed by atoms with Crippen molar-refractivity contribution in [2.24, 2.45) is 0 Å². The zero-order valence-electron chi connectivity index (χ0n) is 16.1. The number of nitrogens with zero attached hydrogens (tertiary/aromatic N) is 2. The van der Waals surface area contributed by atoms with Gasteiger partial charge in [0.1, 0.15) is 5.75 Å². The first kappa shape index (κ1) is 18.1. The topological polar surface area (TPSA) is 32.8 Å². The van der Waals surface area contributed by atoms with Gasteiger partial charge >= 0.3 is 0 Å². The van der Waals surface area contributed by atoms with E-state index in [0.29, 0.717) is 12.3 Å². The molecule has 0 bridgehead atoms. The van der Waals surface area contributed by atoms with Gasteiger partial charge in [-0.2, -0.15) is 0 Å². The molecule has 4 heteroatoms. The molecule has 2 aliphatic heterocycles. The predicted octanol–water partition coefficient (Wildman–Crippen LogP) is 3.85. The molecule has 0 atom stereocenters. The molecule has 4 rings (SSSR count). The number of likely N-dealkylation sites (tertiary alicyclic amines) is 2. The van der Waals surface area contributed by atoms with Crippen molar-refractivity contribution >= 4 is 5.91 Å². The third-order valence-corrected chi connectivity index (χ3v) is 6.21. The summed E-state index contributed by atoms with van der Waals surface area (Å²) < 4.78 is 5.24. The molecule has 0 N–H and O–H groups in total. The summed E-state index contributed by atoms with van der Waals surface area (Å²) in [4.78, 5) is 17.3. The van der Waals surface area contributed by atoms with E-state index in [2.05, 4.69) is 46.2 Å². The number of hydrogen-bond acceptors (Lipinski definition) is 3. The summed E-state index contributed by atoms with van der Waals surface area (Å²) in [6.45, 7) is 3.81. The van der Waals surface area contributed by atoms with Crippen molar-refractivity contribution < 1.29 is 9.53 Å². The second-order valence-corrected chi connectivity index (χ2v) is 7.81. The minimum atomic E-state index is 0.0589. The summed E-state index contributed by atoms with van der Waals surface area (Å²) in [6.07, 6.45) is 3.85. The van der Waals surface area contributed by atoms with Gasteiger partial charge in [-0.1, -0.05) is 42.5 Å². The predicted molar refractivity (Wildman–Crippen MR) is 106 cm³/mol. The number of carbonyl (C=O) groups excluding carboxylic acids is 1. The van der Waals surface area contributed by atoms with Crippen LogP contribution in [0.4, 0.5) is 0 Å². The van der Waals surface area contributed by atoms with E-state index in [1.807, 2.05) is 18.2 Å². The summed E-state index contributed by atoms with van der Waals surface area (Å²) in [5, 5.41) is 0. The minimum Gasteiger partial charge on any atom is -0.497 e. The van der Waals surface area contributed by atoms with Crippen LogP contribution >= 0.6 is 0 Å². The molecular formula is C23H28N2O2. The van der Waals surface area contributed by atoms with Crippen LogP contribution in [0, 0.1) is 0 Å². The monoisotopic (exact) mass is 364 g/mol. The average Bonchev–Trinajstić information content (AvgIpc) is 3.01. The molecule has 2 aliphatic rings. The third-order valence-electron chi connectivity index (χ3n) is 6.21. The number of carbonyl (C=O) groups is 1. The largest absolute Gasteiger partial charge is 0.497 e. The van der Waals surface area contributed by atoms with Gasteiger partial charge in [0, 0.05) is 38.1 Å². The standard InChI is InChI=1S/C23H28N2O2/c1-27-21-9-7-20(8-10-21)17-24-15-13-23(14-16-24)12-11-22(26)25(23)18-19-5-3-2-4-6-19/h2-10H,11-18H2,1H3. The highest BCUT2D eigenvalue weighted by Crippen LogP contribution is 2.40. The van der Waals surface area contributed by atoms with Gasteiger partial charge in [-0.15, -0.1) is 0 Å². The van der Waals surface area contributed by atoms with E-state index >= 15 is 0 Å². The van der Waals surface area contributed by atoms with E-state index in [1.165, 1.54) is 11.1 Å². The highest BCUT2D eigenvalue weighted by molar-refractivity contribution is 5.79. The molecule has 2 aromatic rings. The number of hydrogen-bond donors (Lipinski definition) is 0. The van der Waals surface area contributed by atoms with Crippen molar-refractivity contribution in [3.05, 3.63) is 65.7 Å². The second-order valence-electron chi connectivity index (χ2n) is 7.81. The lowest BCUT2D eigenvalue weighted by atomic mass is 9.84. The molecule has 1 amide bonds. The van der Waals surface area contributed by atoms with E-state index in [4.69, 9.17) is 4.74 Å². The smallest absolute Gasteiger partial charge is 0.223 e. The molecule has 27 heavy (non-hydrogen) atoms. The van der Waals surface area contributed by atoms with Crippen molar-refractivity contribution in [1.29, 1.82) is 0 Å². The Morgan fingerprint density at radius 3 is 2.22 bits per heavy atom. The van der Waals surface area contributed by atoms with E-state index < -0.39 is 0 Å². The normalized spacial score (nSPS) is 19.6. The van der Waals surface area contributed by atoms with Crippen molar-refractivity contribution in [3.8, 4) is 5.75 Å². The molecule has 1 spiro atoms. The zero-order chi connectivity index (χ0) is 18.7. The van der Waals surface area contributed by atoms with Gasteiger partial charge in [0.15, 0.2) is 0 Å². The molecule has 0 radical (unpaired) electrons. The second kappa shape index (κ2) is 7.73. The van der Waals surface area contributed by atoms with Crippen LogP contribution in [0.15, 0.2) is 54.6 Å². The first-order valence-electron chi connectivity index (χ1n) is 9.88. The van der Waals surface area contributed by atoms with Crippen LogP contribution in [0.1, 0.15) is 36.8 Å². The highest BCUT2D eigenvalue weighted by Gasteiger charge is 2.46. The van der Waals surface area contributed by atoms with E-state index in [1.54, 1.807) is 7.11 Å². The van der Waals surface area contributed by atoms with E-state index in [9.17, 15) is 4.79 Å². The van der Waals surface area contributed by atoms with Gasteiger partial charge in [-0.3, -0.25) is 9.69 Å². The Morgan fingerprint density at radius 2 is 1.56 bits per heavy atom. The van der Waals surface area contributed by atoms with E-state index in [-0.39, 0.29) is 5.54 Å². The summed E-state index contributed by atoms with van der Waals surface area (Å²) in [5.74, 6) is 1.22. The molecule has 4 nitrogen and oxygen atoms in total. The number of piperidine rings is 1. The zero-order valence-corrected chi connectivity index (χ0v) is 16.1. The van der Waals surface area contributed by atoms with Gasteiger partial charge < -0.3 is 9.64 Å². The number of rotatable bonds is 5. The Bertz CT molecular complexity index is 765. The fourth-order valence-electron chi connectivity index (χ4n) is 4.53. The fourth-order valence-corrected chi connectivity index (χ4v) is 4.53. The van der Waals surface area contributed by atoms with Gasteiger partial charge in [-0.05, 0) is 42.5 Å². The Hall–Kier alpha value is -2.33. The number of methoxy groups -OCH3 is 1. The summed E-state index contributed by atoms with van der Waals surface area (Å²) in [6, 6.07) is 18.7. The van der Waals surface area contributed by atoms with Gasteiger partial charge in [-0.25, -0.2) is 0 Å². The molecule has 2 heterocycles. The SMILES string of the molecule is COc1ccc(CN2CCC3(CCC(=O)N3Cc3ccccc3)CC2)cc1. The Morgan fingerprint density at radius 1 is 0.889 bits per heavy atom. The Labute approximate surface area is 161 Å². The summed E-state index contributed by atoms with van der Waals surface area (Å²) in [7, 11) is 1.70. The van der Waals surface area contributed by atoms with Gasteiger partial charge in [0.25, 0.3) is 0 Å². The van der Waals surface area contributed by atoms with Gasteiger partial charge in [0.05, 0.1) is 7.11 Å². The fraction of sp³-hybridized carbons (Fsp3) is 0.435. The first-order chi connectivity index (χ1) is 13.2. The molecule has 0 saturated carbocycles. The summed E-state index contributed by atoms with van der Waals surface area (Å²) >= 11 is 0. The lowest BCUT2D eigenvalue weighted by molar-refractivity contribution is -0.133. The maximum atomic E-state index is 12.6. The van der Waals surface area contributed by atoms with Crippen molar-refractivity contribution in [1.82, 2.24) is 9.80 Å². The maximum Gasteiger partial charge on any atom is 0.223 e.